The molecule has 1 aromatic rings. The fourth-order valence-corrected chi connectivity index (χ4v) is 2.61. The second kappa shape index (κ2) is 6.09. The Labute approximate surface area is 122 Å². The molecule has 4 nitrogen and oxygen atoms in total. The first-order valence-corrected chi connectivity index (χ1v) is 6.80. The van der Waals surface area contributed by atoms with Gasteiger partial charge in [-0.2, -0.15) is 0 Å². The van der Waals surface area contributed by atoms with Gasteiger partial charge in [-0.3, -0.25) is 9.59 Å². The predicted octanol–water partition coefficient (Wildman–Crippen LogP) is 3.34. The number of carboxylic acids is 1. The average Bonchev–Trinajstić information content (AvgIpc) is 2.38. The number of carbonyl (C=O) groups excluding carboxylic acids is 1. The Morgan fingerprint density at radius 3 is 2.75 bits per heavy atom. The number of benzene rings is 1. The summed E-state index contributed by atoms with van der Waals surface area (Å²) in [6.45, 7) is 1.89. The van der Waals surface area contributed by atoms with Crippen molar-refractivity contribution in [1.29, 1.82) is 0 Å². The summed E-state index contributed by atoms with van der Waals surface area (Å²) in [4.78, 5) is 23.5. The Bertz CT molecular complexity index is 568. The molecule has 2 rings (SSSR count). The number of halogens is 1. The minimum Gasteiger partial charge on any atom is -0.481 e. The molecule has 0 bridgehead atoms. The van der Waals surface area contributed by atoms with E-state index in [4.69, 9.17) is 11.6 Å². The third-order valence-electron chi connectivity index (χ3n) is 3.49. The largest absolute Gasteiger partial charge is 0.481 e. The van der Waals surface area contributed by atoms with E-state index in [1.807, 2.05) is 13.0 Å². The third-order valence-corrected chi connectivity index (χ3v) is 3.73. The first kappa shape index (κ1) is 14.6. The summed E-state index contributed by atoms with van der Waals surface area (Å²) < 4.78 is 0. The molecule has 0 radical (unpaired) electrons. The molecule has 106 valence electrons. The quantitative estimate of drug-likeness (QED) is 0.840. The molecule has 1 aromatic carbocycles. The van der Waals surface area contributed by atoms with Crippen LogP contribution in [0.25, 0.3) is 0 Å². The number of allylic oxidation sites excluding steroid dienone is 2. The number of nitrogens with one attached hydrogen (secondary N) is 1. The zero-order chi connectivity index (χ0) is 14.7. The predicted molar refractivity (Wildman–Crippen MR) is 77.7 cm³/mol. The molecule has 20 heavy (non-hydrogen) atoms. The molecular formula is C15H16ClNO3. The van der Waals surface area contributed by atoms with E-state index in [0.29, 0.717) is 23.6 Å². The molecule has 0 saturated carbocycles. The second-order valence-corrected chi connectivity index (χ2v) is 5.48. The minimum absolute atomic E-state index is 0.275. The Morgan fingerprint density at radius 1 is 1.35 bits per heavy atom. The van der Waals surface area contributed by atoms with Crippen molar-refractivity contribution >= 4 is 29.2 Å². The number of hydrogen-bond acceptors (Lipinski definition) is 2. The van der Waals surface area contributed by atoms with Gasteiger partial charge < -0.3 is 10.4 Å². The number of carbonyl (C=O) groups is 2. The molecular weight excluding hydrogens is 278 g/mol. The molecule has 5 heteroatoms. The summed E-state index contributed by atoms with van der Waals surface area (Å²) in [7, 11) is 0. The molecule has 2 unspecified atom stereocenters. The Balaban J connectivity index is 2.13. The molecule has 0 heterocycles. The number of anilines is 1. The van der Waals surface area contributed by atoms with E-state index < -0.39 is 17.8 Å². The van der Waals surface area contributed by atoms with E-state index in [1.54, 1.807) is 24.3 Å². The number of carboxylic acid groups (broad SMARTS) is 1. The first-order valence-electron chi connectivity index (χ1n) is 6.42. The number of aliphatic carboxylic acids is 1. The summed E-state index contributed by atoms with van der Waals surface area (Å²) in [6.07, 6.45) is 2.81. The maximum atomic E-state index is 12.3. The van der Waals surface area contributed by atoms with Crippen LogP contribution in [-0.2, 0) is 9.59 Å². The van der Waals surface area contributed by atoms with Crippen molar-refractivity contribution in [2.24, 2.45) is 11.8 Å². The van der Waals surface area contributed by atoms with Crippen molar-refractivity contribution < 1.29 is 14.7 Å². The van der Waals surface area contributed by atoms with Crippen LogP contribution in [0.15, 0.2) is 35.9 Å². The minimum atomic E-state index is -0.927. The smallest absolute Gasteiger partial charge is 0.307 e. The van der Waals surface area contributed by atoms with Gasteiger partial charge in [0.15, 0.2) is 0 Å². The fourth-order valence-electron chi connectivity index (χ4n) is 2.42. The van der Waals surface area contributed by atoms with Gasteiger partial charge in [0, 0.05) is 10.7 Å². The lowest BCUT2D eigenvalue weighted by Crippen LogP contribution is -2.35. The van der Waals surface area contributed by atoms with Gasteiger partial charge in [-0.1, -0.05) is 29.3 Å². The lowest BCUT2D eigenvalue weighted by Gasteiger charge is -2.26. The van der Waals surface area contributed by atoms with Gasteiger partial charge in [0.25, 0.3) is 0 Å². The standard InChI is InChI=1S/C15H16ClNO3/c1-9-5-6-12(13(7-9)15(19)20)14(18)17-11-4-2-3-10(16)8-11/h2-5,8,12-13H,6-7H2,1H3,(H,17,18)(H,19,20). The zero-order valence-corrected chi connectivity index (χ0v) is 11.9. The Kier molecular flexibility index (Phi) is 4.45. The zero-order valence-electron chi connectivity index (χ0n) is 11.1. The van der Waals surface area contributed by atoms with Crippen molar-refractivity contribution in [3.05, 3.63) is 40.9 Å². The van der Waals surface area contributed by atoms with Crippen LogP contribution < -0.4 is 5.32 Å². The molecule has 2 atom stereocenters. The van der Waals surface area contributed by atoms with Gasteiger partial charge in [-0.05, 0) is 38.0 Å². The lowest BCUT2D eigenvalue weighted by molar-refractivity contribution is -0.146. The van der Waals surface area contributed by atoms with E-state index in [1.165, 1.54) is 0 Å². The van der Waals surface area contributed by atoms with Crippen LogP contribution in [0.4, 0.5) is 5.69 Å². The number of amides is 1. The van der Waals surface area contributed by atoms with Crippen molar-refractivity contribution in [3.8, 4) is 0 Å². The maximum Gasteiger partial charge on any atom is 0.307 e. The topological polar surface area (TPSA) is 66.4 Å². The summed E-state index contributed by atoms with van der Waals surface area (Å²) in [6, 6.07) is 6.81. The highest BCUT2D eigenvalue weighted by atomic mass is 35.5. The van der Waals surface area contributed by atoms with Gasteiger partial charge in [0.2, 0.25) is 5.91 Å². The maximum absolute atomic E-state index is 12.3. The van der Waals surface area contributed by atoms with Crippen molar-refractivity contribution in [3.63, 3.8) is 0 Å². The molecule has 0 saturated heterocycles. The molecule has 1 aliphatic carbocycles. The van der Waals surface area contributed by atoms with Crippen molar-refractivity contribution in [2.75, 3.05) is 5.32 Å². The van der Waals surface area contributed by atoms with Gasteiger partial charge in [0.05, 0.1) is 11.8 Å². The highest BCUT2D eigenvalue weighted by molar-refractivity contribution is 6.30. The molecule has 0 spiro atoms. The highest BCUT2D eigenvalue weighted by Crippen LogP contribution is 2.31. The van der Waals surface area contributed by atoms with Gasteiger partial charge in [0.1, 0.15) is 0 Å². The van der Waals surface area contributed by atoms with Gasteiger partial charge in [-0.15, -0.1) is 0 Å². The molecule has 1 amide bonds. The third kappa shape index (κ3) is 3.39. The normalized spacial score (nSPS) is 22.0. The van der Waals surface area contributed by atoms with Crippen LogP contribution in [0.5, 0.6) is 0 Å². The van der Waals surface area contributed by atoms with Gasteiger partial charge >= 0.3 is 5.97 Å². The number of rotatable bonds is 3. The van der Waals surface area contributed by atoms with Crippen LogP contribution >= 0.6 is 11.6 Å². The Hall–Kier alpha value is -1.81. The van der Waals surface area contributed by atoms with Crippen molar-refractivity contribution in [2.45, 2.75) is 19.8 Å². The summed E-state index contributed by atoms with van der Waals surface area (Å²) in [5, 5.41) is 12.5. The number of hydrogen-bond donors (Lipinski definition) is 2. The van der Waals surface area contributed by atoms with E-state index in [2.05, 4.69) is 5.32 Å². The molecule has 1 aliphatic rings. The van der Waals surface area contributed by atoms with Crippen LogP contribution in [-0.4, -0.2) is 17.0 Å². The first-order chi connectivity index (χ1) is 9.47. The SMILES string of the molecule is CC1=CCC(C(=O)Nc2cccc(Cl)c2)C(C(=O)O)C1. The van der Waals surface area contributed by atoms with E-state index in [0.717, 1.165) is 5.57 Å². The molecule has 0 fully saturated rings. The average molecular weight is 294 g/mol. The lowest BCUT2D eigenvalue weighted by atomic mass is 9.79. The van der Waals surface area contributed by atoms with Crippen LogP contribution in [0.3, 0.4) is 0 Å². The second-order valence-electron chi connectivity index (χ2n) is 5.04. The molecule has 0 aliphatic heterocycles. The summed E-state index contributed by atoms with van der Waals surface area (Å²) in [5.41, 5.74) is 1.60. The van der Waals surface area contributed by atoms with Crippen LogP contribution in [0, 0.1) is 11.8 Å². The molecule has 0 aromatic heterocycles. The fraction of sp³-hybridized carbons (Fsp3) is 0.333. The van der Waals surface area contributed by atoms with Gasteiger partial charge in [-0.25, -0.2) is 0 Å². The van der Waals surface area contributed by atoms with Crippen molar-refractivity contribution in [1.82, 2.24) is 0 Å². The Morgan fingerprint density at radius 2 is 2.10 bits per heavy atom. The van der Waals surface area contributed by atoms with E-state index in [9.17, 15) is 14.7 Å². The monoisotopic (exact) mass is 293 g/mol. The highest BCUT2D eigenvalue weighted by Gasteiger charge is 2.35. The van der Waals surface area contributed by atoms with Crippen LogP contribution in [0.2, 0.25) is 5.02 Å². The van der Waals surface area contributed by atoms with Crippen LogP contribution in [0.1, 0.15) is 19.8 Å². The summed E-state index contributed by atoms with van der Waals surface area (Å²) in [5.74, 6) is -2.42. The summed E-state index contributed by atoms with van der Waals surface area (Å²) >= 11 is 5.86. The van der Waals surface area contributed by atoms with E-state index in [-0.39, 0.29) is 5.91 Å². The van der Waals surface area contributed by atoms with E-state index >= 15 is 0 Å². The molecule has 2 N–H and O–H groups in total.